The highest BCUT2D eigenvalue weighted by Gasteiger charge is 2.25. The Bertz CT molecular complexity index is 419. The Kier molecular flexibility index (Phi) is 3.24. The van der Waals surface area contributed by atoms with Gasteiger partial charge in [-0.15, -0.1) is 0 Å². The molecule has 2 unspecified atom stereocenters. The predicted molar refractivity (Wildman–Crippen MR) is 61.3 cm³/mol. The highest BCUT2D eigenvalue weighted by atomic mass is 19.1. The maximum absolute atomic E-state index is 13.0. The minimum atomic E-state index is -0.149. The van der Waals surface area contributed by atoms with E-state index in [9.17, 15) is 4.39 Å². The van der Waals surface area contributed by atoms with Gasteiger partial charge in [0.25, 0.3) is 0 Å². The molecule has 0 aliphatic heterocycles. The second kappa shape index (κ2) is 4.65. The Balaban J connectivity index is 2.18. The van der Waals surface area contributed by atoms with Gasteiger partial charge in [0, 0.05) is 5.92 Å². The molecule has 0 amide bonds. The van der Waals surface area contributed by atoms with Crippen LogP contribution in [0.5, 0.6) is 0 Å². The van der Waals surface area contributed by atoms with E-state index in [0.29, 0.717) is 5.92 Å². The Morgan fingerprint density at radius 3 is 3.00 bits per heavy atom. The molecule has 1 nitrogen and oxygen atoms in total. The van der Waals surface area contributed by atoms with Gasteiger partial charge in [-0.05, 0) is 54.9 Å². The van der Waals surface area contributed by atoms with Crippen LogP contribution in [0.15, 0.2) is 18.2 Å². The smallest absolute Gasteiger partial charge is 0.123 e. The average molecular weight is 217 g/mol. The monoisotopic (exact) mass is 217 g/mol. The topological polar surface area (TPSA) is 23.8 Å². The van der Waals surface area contributed by atoms with Gasteiger partial charge in [-0.25, -0.2) is 4.39 Å². The van der Waals surface area contributed by atoms with Gasteiger partial charge in [-0.3, -0.25) is 0 Å². The molecule has 2 heteroatoms. The van der Waals surface area contributed by atoms with Gasteiger partial charge >= 0.3 is 0 Å². The highest BCUT2D eigenvalue weighted by molar-refractivity contribution is 5.30. The molecule has 0 spiro atoms. The van der Waals surface area contributed by atoms with Crippen LogP contribution < -0.4 is 0 Å². The minimum absolute atomic E-state index is 0.149. The van der Waals surface area contributed by atoms with Gasteiger partial charge < -0.3 is 0 Å². The molecular formula is C14H16FN. The van der Waals surface area contributed by atoms with E-state index in [0.717, 1.165) is 31.2 Å². The maximum atomic E-state index is 13.0. The number of benzene rings is 1. The number of rotatable bonds is 2. The quantitative estimate of drug-likeness (QED) is 0.744. The molecule has 16 heavy (non-hydrogen) atoms. The number of hydrogen-bond donors (Lipinski definition) is 0. The second-order valence-electron chi connectivity index (χ2n) is 4.56. The zero-order valence-corrected chi connectivity index (χ0v) is 9.54. The number of nitrogens with zero attached hydrogens (tertiary/aromatic N) is 1. The summed E-state index contributed by atoms with van der Waals surface area (Å²) in [6, 6.07) is 7.43. The van der Waals surface area contributed by atoms with E-state index in [1.807, 2.05) is 6.07 Å². The fraction of sp³-hybridized carbons (Fsp3) is 0.500. The lowest BCUT2D eigenvalue weighted by Gasteiger charge is -2.27. The van der Waals surface area contributed by atoms with Crippen LogP contribution >= 0.6 is 0 Å². The van der Waals surface area contributed by atoms with Crippen LogP contribution in [0.1, 0.15) is 30.9 Å². The molecule has 0 aromatic heterocycles. The summed E-state index contributed by atoms with van der Waals surface area (Å²) in [6.07, 6.45) is 3.78. The molecule has 1 aliphatic carbocycles. The van der Waals surface area contributed by atoms with E-state index >= 15 is 0 Å². The van der Waals surface area contributed by atoms with Crippen LogP contribution in [0.2, 0.25) is 0 Å². The first-order chi connectivity index (χ1) is 7.74. The zero-order chi connectivity index (χ0) is 11.5. The Labute approximate surface area is 95.9 Å². The molecule has 84 valence electrons. The first-order valence-electron chi connectivity index (χ1n) is 5.91. The summed E-state index contributed by atoms with van der Waals surface area (Å²) in [5, 5.41) is 9.06. The molecule has 1 aliphatic rings. The van der Waals surface area contributed by atoms with Crippen molar-refractivity contribution in [2.75, 3.05) is 0 Å². The lowest BCUT2D eigenvalue weighted by molar-refractivity contribution is 0.350. The Hall–Kier alpha value is -1.36. The molecule has 0 saturated heterocycles. The molecule has 0 heterocycles. The molecule has 0 saturated carbocycles. The van der Waals surface area contributed by atoms with Crippen LogP contribution in [0.25, 0.3) is 0 Å². The number of halogens is 1. The molecule has 0 N–H and O–H groups in total. The first-order valence-corrected chi connectivity index (χ1v) is 5.91. The van der Waals surface area contributed by atoms with Crippen molar-refractivity contribution in [2.24, 2.45) is 11.8 Å². The number of hydrogen-bond acceptors (Lipinski definition) is 1. The summed E-state index contributed by atoms with van der Waals surface area (Å²) in [7, 11) is 0. The normalized spacial score (nSPS) is 20.9. The van der Waals surface area contributed by atoms with Crippen molar-refractivity contribution in [3.63, 3.8) is 0 Å². The predicted octanol–water partition coefficient (Wildman–Crippen LogP) is 3.48. The second-order valence-corrected chi connectivity index (χ2v) is 4.56. The fourth-order valence-corrected chi connectivity index (χ4v) is 2.63. The van der Waals surface area contributed by atoms with Gasteiger partial charge in [-0.1, -0.05) is 13.0 Å². The van der Waals surface area contributed by atoms with E-state index in [-0.39, 0.29) is 11.7 Å². The average Bonchev–Trinajstić information content (AvgIpc) is 2.31. The summed E-state index contributed by atoms with van der Waals surface area (Å²) in [4.78, 5) is 0. The molecule has 0 bridgehead atoms. The molecule has 0 fully saturated rings. The van der Waals surface area contributed by atoms with E-state index in [2.05, 4.69) is 13.0 Å². The van der Waals surface area contributed by atoms with Crippen molar-refractivity contribution in [3.8, 4) is 6.07 Å². The third-order valence-corrected chi connectivity index (χ3v) is 3.61. The number of fused-ring (bicyclic) bond motifs is 1. The highest BCUT2D eigenvalue weighted by Crippen LogP contribution is 2.31. The van der Waals surface area contributed by atoms with Gasteiger partial charge in [0.15, 0.2) is 0 Å². The van der Waals surface area contributed by atoms with Crippen molar-refractivity contribution in [1.29, 1.82) is 5.26 Å². The van der Waals surface area contributed by atoms with Crippen molar-refractivity contribution in [1.82, 2.24) is 0 Å². The maximum Gasteiger partial charge on any atom is 0.123 e. The minimum Gasteiger partial charge on any atom is -0.207 e. The van der Waals surface area contributed by atoms with Crippen molar-refractivity contribution < 1.29 is 4.39 Å². The summed E-state index contributed by atoms with van der Waals surface area (Å²) in [5.41, 5.74) is 2.36. The van der Waals surface area contributed by atoms with Gasteiger partial charge in [0.1, 0.15) is 5.82 Å². The summed E-state index contributed by atoms with van der Waals surface area (Å²) < 4.78 is 13.0. The van der Waals surface area contributed by atoms with E-state index in [1.165, 1.54) is 11.6 Å². The van der Waals surface area contributed by atoms with E-state index in [1.54, 1.807) is 6.07 Å². The zero-order valence-electron chi connectivity index (χ0n) is 9.54. The van der Waals surface area contributed by atoms with Crippen LogP contribution in [-0.4, -0.2) is 0 Å². The molecule has 2 atom stereocenters. The Morgan fingerprint density at radius 2 is 2.31 bits per heavy atom. The summed E-state index contributed by atoms with van der Waals surface area (Å²) >= 11 is 0. The SMILES string of the molecule is CCC(C#N)C1CCc2cc(F)ccc2C1. The lowest BCUT2D eigenvalue weighted by atomic mass is 9.76. The lowest BCUT2D eigenvalue weighted by Crippen LogP contribution is -2.21. The number of aryl methyl sites for hydroxylation is 1. The van der Waals surface area contributed by atoms with Crippen LogP contribution in [0, 0.1) is 29.0 Å². The van der Waals surface area contributed by atoms with E-state index < -0.39 is 0 Å². The standard InChI is InChI=1S/C14H16FN/c1-2-10(9-16)11-3-4-13-8-14(15)6-5-12(13)7-11/h5-6,8,10-11H,2-4,7H2,1H3. The molecule has 2 rings (SSSR count). The molecule has 1 aromatic rings. The third kappa shape index (κ3) is 2.09. The van der Waals surface area contributed by atoms with E-state index in [4.69, 9.17) is 5.26 Å². The van der Waals surface area contributed by atoms with Gasteiger partial charge in [0.2, 0.25) is 0 Å². The summed E-state index contributed by atoms with van der Waals surface area (Å²) in [6.45, 7) is 2.06. The van der Waals surface area contributed by atoms with Crippen molar-refractivity contribution in [3.05, 3.63) is 35.1 Å². The van der Waals surface area contributed by atoms with Crippen LogP contribution in [-0.2, 0) is 12.8 Å². The van der Waals surface area contributed by atoms with Crippen molar-refractivity contribution >= 4 is 0 Å². The van der Waals surface area contributed by atoms with Gasteiger partial charge in [-0.2, -0.15) is 5.26 Å². The largest absolute Gasteiger partial charge is 0.207 e. The molecule has 0 radical (unpaired) electrons. The fourth-order valence-electron chi connectivity index (χ4n) is 2.63. The first kappa shape index (κ1) is 11.1. The molecule has 1 aromatic carbocycles. The molecular weight excluding hydrogens is 201 g/mol. The summed E-state index contributed by atoms with van der Waals surface area (Å²) in [5.74, 6) is 0.454. The Morgan fingerprint density at radius 1 is 1.50 bits per heavy atom. The number of nitriles is 1. The van der Waals surface area contributed by atoms with Gasteiger partial charge in [0.05, 0.1) is 6.07 Å². The van der Waals surface area contributed by atoms with Crippen LogP contribution in [0.3, 0.4) is 0 Å². The van der Waals surface area contributed by atoms with Crippen molar-refractivity contribution in [2.45, 2.75) is 32.6 Å². The van der Waals surface area contributed by atoms with Crippen LogP contribution in [0.4, 0.5) is 4.39 Å². The third-order valence-electron chi connectivity index (χ3n) is 3.61.